The number of nitrogens with zero attached hydrogens (tertiary/aromatic N) is 2. The predicted octanol–water partition coefficient (Wildman–Crippen LogP) is 3.56. The first-order valence-electron chi connectivity index (χ1n) is 10.9. The average Bonchev–Trinajstić information content (AvgIpc) is 2.76. The van der Waals surface area contributed by atoms with Gasteiger partial charge < -0.3 is 15.0 Å². The molecule has 0 bridgehead atoms. The largest absolute Gasteiger partial charge is 0.497 e. The Balaban J connectivity index is 2.46. The Morgan fingerprint density at radius 2 is 1.79 bits per heavy atom. The minimum atomic E-state index is -3.77. The van der Waals surface area contributed by atoms with Crippen molar-refractivity contribution in [1.82, 2.24) is 10.2 Å². The van der Waals surface area contributed by atoms with Crippen LogP contribution in [0.2, 0.25) is 0 Å². The van der Waals surface area contributed by atoms with Gasteiger partial charge in [0.25, 0.3) is 0 Å². The fourth-order valence-corrected chi connectivity index (χ4v) is 4.74. The zero-order valence-electron chi connectivity index (χ0n) is 20.1. The Morgan fingerprint density at radius 3 is 2.35 bits per heavy atom. The summed E-state index contributed by atoms with van der Waals surface area (Å²) >= 11 is 3.34. The summed E-state index contributed by atoms with van der Waals surface area (Å²) in [6, 6.07) is 13.0. The van der Waals surface area contributed by atoms with E-state index in [0.717, 1.165) is 16.1 Å². The molecule has 2 amide bonds. The quantitative estimate of drug-likeness (QED) is 0.459. The molecule has 1 N–H and O–H groups in total. The molecule has 1 atom stereocenters. The van der Waals surface area contributed by atoms with Gasteiger partial charge in [0.05, 0.1) is 19.1 Å². The van der Waals surface area contributed by atoms with Gasteiger partial charge in [-0.1, -0.05) is 41.1 Å². The van der Waals surface area contributed by atoms with Gasteiger partial charge in [0.2, 0.25) is 21.8 Å². The molecule has 0 radical (unpaired) electrons. The van der Waals surface area contributed by atoms with Crippen molar-refractivity contribution < 1.29 is 22.7 Å². The van der Waals surface area contributed by atoms with Gasteiger partial charge in [-0.15, -0.1) is 0 Å². The Kier molecular flexibility index (Phi) is 9.93. The van der Waals surface area contributed by atoms with E-state index in [9.17, 15) is 18.0 Å². The van der Waals surface area contributed by atoms with Crippen LogP contribution in [0.1, 0.15) is 32.8 Å². The minimum absolute atomic E-state index is 0.107. The summed E-state index contributed by atoms with van der Waals surface area (Å²) in [5, 5.41) is 2.86. The van der Waals surface area contributed by atoms with E-state index in [0.29, 0.717) is 22.3 Å². The van der Waals surface area contributed by atoms with Gasteiger partial charge in [-0.05, 0) is 56.2 Å². The lowest BCUT2D eigenvalue weighted by atomic mass is 10.1. The molecule has 186 valence electrons. The molecule has 34 heavy (non-hydrogen) atoms. The summed E-state index contributed by atoms with van der Waals surface area (Å²) in [7, 11) is -2.22. The number of hydrogen-bond acceptors (Lipinski definition) is 5. The molecule has 0 aromatic heterocycles. The first kappa shape index (κ1) is 27.7. The molecule has 0 aliphatic heterocycles. The van der Waals surface area contributed by atoms with Crippen molar-refractivity contribution in [1.29, 1.82) is 0 Å². The van der Waals surface area contributed by atoms with Crippen LogP contribution in [0.3, 0.4) is 0 Å². The fraction of sp³-hybridized carbons (Fsp3) is 0.417. The molecular weight excluding hydrogens is 522 g/mol. The maximum atomic E-state index is 13.6. The number of methoxy groups -OCH3 is 1. The van der Waals surface area contributed by atoms with E-state index in [-0.39, 0.29) is 18.5 Å². The van der Waals surface area contributed by atoms with Gasteiger partial charge in [-0.3, -0.25) is 13.9 Å². The summed E-state index contributed by atoms with van der Waals surface area (Å²) in [5.74, 6) is -0.155. The molecule has 0 aliphatic carbocycles. The molecule has 0 saturated carbocycles. The molecule has 0 fully saturated rings. The number of rotatable bonds is 11. The first-order valence-corrected chi connectivity index (χ1v) is 13.6. The molecular formula is C24H32BrN3O5S. The second-order valence-electron chi connectivity index (χ2n) is 8.21. The smallest absolute Gasteiger partial charge is 0.244 e. The second-order valence-corrected chi connectivity index (χ2v) is 11.0. The van der Waals surface area contributed by atoms with E-state index in [1.807, 2.05) is 26.8 Å². The van der Waals surface area contributed by atoms with Crippen LogP contribution >= 0.6 is 15.9 Å². The van der Waals surface area contributed by atoms with Crippen molar-refractivity contribution >= 4 is 43.5 Å². The van der Waals surface area contributed by atoms with Crippen LogP contribution in [-0.2, 0) is 26.2 Å². The third-order valence-corrected chi connectivity index (χ3v) is 6.71. The normalized spacial score (nSPS) is 12.2. The maximum absolute atomic E-state index is 13.6. The number of benzene rings is 2. The van der Waals surface area contributed by atoms with Gasteiger partial charge in [0.15, 0.2) is 0 Å². The van der Waals surface area contributed by atoms with E-state index in [1.54, 1.807) is 49.6 Å². The monoisotopic (exact) mass is 553 g/mol. The van der Waals surface area contributed by atoms with Crippen molar-refractivity contribution in [2.75, 3.05) is 24.2 Å². The van der Waals surface area contributed by atoms with Crippen LogP contribution in [-0.4, -0.2) is 57.1 Å². The number of amides is 2. The molecule has 0 heterocycles. The van der Waals surface area contributed by atoms with Crippen LogP contribution < -0.4 is 14.4 Å². The number of carbonyl (C=O) groups is 2. The Bertz CT molecular complexity index is 1110. The Hall–Kier alpha value is -2.59. The topological polar surface area (TPSA) is 96.0 Å². The molecule has 10 heteroatoms. The SMILES string of the molecule is CCC(C(=O)NC(C)C)N(Cc1cccc(OC)c1)C(=O)CN(c1cccc(Br)c1)S(C)(=O)=O. The number of nitrogens with one attached hydrogen (secondary N) is 1. The van der Waals surface area contributed by atoms with Crippen LogP contribution in [0, 0.1) is 0 Å². The highest BCUT2D eigenvalue weighted by Crippen LogP contribution is 2.23. The van der Waals surface area contributed by atoms with E-state index < -0.39 is 28.5 Å². The molecule has 2 rings (SSSR count). The molecule has 0 aliphatic rings. The van der Waals surface area contributed by atoms with Crippen LogP contribution in [0.25, 0.3) is 0 Å². The lowest BCUT2D eigenvalue weighted by Gasteiger charge is -2.33. The first-order chi connectivity index (χ1) is 16.0. The second kappa shape index (κ2) is 12.2. The van der Waals surface area contributed by atoms with Gasteiger partial charge in [0.1, 0.15) is 18.3 Å². The van der Waals surface area contributed by atoms with Crippen LogP contribution in [0.15, 0.2) is 53.0 Å². The predicted molar refractivity (Wildman–Crippen MR) is 137 cm³/mol. The van der Waals surface area contributed by atoms with E-state index in [4.69, 9.17) is 4.74 Å². The maximum Gasteiger partial charge on any atom is 0.244 e. The number of sulfonamides is 1. The highest BCUT2D eigenvalue weighted by molar-refractivity contribution is 9.10. The minimum Gasteiger partial charge on any atom is -0.497 e. The van der Waals surface area contributed by atoms with E-state index >= 15 is 0 Å². The van der Waals surface area contributed by atoms with Crippen molar-refractivity contribution in [3.8, 4) is 5.75 Å². The van der Waals surface area contributed by atoms with Crippen LogP contribution in [0.4, 0.5) is 5.69 Å². The van der Waals surface area contributed by atoms with Crippen molar-refractivity contribution in [3.05, 3.63) is 58.6 Å². The Morgan fingerprint density at radius 1 is 1.12 bits per heavy atom. The summed E-state index contributed by atoms with van der Waals surface area (Å²) in [4.78, 5) is 28.0. The van der Waals surface area contributed by atoms with Gasteiger partial charge in [0, 0.05) is 17.1 Å². The zero-order chi connectivity index (χ0) is 25.5. The van der Waals surface area contributed by atoms with Crippen molar-refractivity contribution in [2.24, 2.45) is 0 Å². The van der Waals surface area contributed by atoms with Crippen LogP contribution in [0.5, 0.6) is 5.75 Å². The number of carbonyl (C=O) groups excluding carboxylic acids is 2. The lowest BCUT2D eigenvalue weighted by molar-refractivity contribution is -0.140. The molecule has 0 saturated heterocycles. The summed E-state index contributed by atoms with van der Waals surface area (Å²) in [6.07, 6.45) is 1.42. The molecule has 2 aromatic carbocycles. The van der Waals surface area contributed by atoms with Crippen molar-refractivity contribution in [3.63, 3.8) is 0 Å². The highest BCUT2D eigenvalue weighted by Gasteiger charge is 2.32. The van der Waals surface area contributed by atoms with Crippen molar-refractivity contribution in [2.45, 2.75) is 45.8 Å². The van der Waals surface area contributed by atoms with Gasteiger partial charge in [-0.2, -0.15) is 0 Å². The number of halogens is 1. The van der Waals surface area contributed by atoms with E-state index in [1.165, 1.54) is 4.90 Å². The third kappa shape index (κ3) is 7.73. The zero-order valence-corrected chi connectivity index (χ0v) is 22.5. The fourth-order valence-electron chi connectivity index (χ4n) is 3.51. The average molecular weight is 555 g/mol. The molecule has 0 spiro atoms. The number of ether oxygens (including phenoxy) is 1. The summed E-state index contributed by atoms with van der Waals surface area (Å²) in [5.41, 5.74) is 1.11. The molecule has 2 aromatic rings. The molecule has 1 unspecified atom stereocenters. The summed E-state index contributed by atoms with van der Waals surface area (Å²) < 4.78 is 32.2. The van der Waals surface area contributed by atoms with Gasteiger partial charge in [-0.25, -0.2) is 8.42 Å². The lowest BCUT2D eigenvalue weighted by Crippen LogP contribution is -2.53. The standard InChI is InChI=1S/C24H32BrN3O5S/c1-6-22(24(30)26-17(2)3)27(15-18-9-7-12-21(13-18)33-4)23(29)16-28(34(5,31)32)20-11-8-10-19(25)14-20/h7-14,17,22H,6,15-16H2,1-5H3,(H,26,30). The Labute approximate surface area is 210 Å². The van der Waals surface area contributed by atoms with E-state index in [2.05, 4.69) is 21.2 Å². The number of hydrogen-bond donors (Lipinski definition) is 1. The highest BCUT2D eigenvalue weighted by atomic mass is 79.9. The van der Waals surface area contributed by atoms with Gasteiger partial charge >= 0.3 is 0 Å². The summed E-state index contributed by atoms with van der Waals surface area (Å²) in [6.45, 7) is 5.19. The number of anilines is 1. The third-order valence-electron chi connectivity index (χ3n) is 5.08. The molecule has 8 nitrogen and oxygen atoms in total.